The second-order valence-electron chi connectivity index (χ2n) is 25.2. The summed E-state index contributed by atoms with van der Waals surface area (Å²) >= 11 is 20.8. The number of methoxy groups -OCH3 is 1. The molecule has 2 unspecified atom stereocenters. The number of carboxylic acids is 1. The summed E-state index contributed by atoms with van der Waals surface area (Å²) in [6.07, 6.45) is 13.3. The van der Waals surface area contributed by atoms with Crippen LogP contribution in [0.5, 0.6) is 17.4 Å². The zero-order chi connectivity index (χ0) is 65.6. The number of aromatic nitrogens is 3. The van der Waals surface area contributed by atoms with Crippen LogP contribution in [0.25, 0.3) is 55.9 Å². The number of nitriles is 1. The van der Waals surface area contributed by atoms with E-state index in [-0.39, 0.29) is 38.0 Å². The quantitative estimate of drug-likeness (QED) is 0.0455. The number of benzene rings is 6. The summed E-state index contributed by atoms with van der Waals surface area (Å²) in [5.74, 6) is 0.539. The summed E-state index contributed by atoms with van der Waals surface area (Å²) in [6, 6.07) is 46.4. The van der Waals surface area contributed by atoms with E-state index in [1.807, 2.05) is 48.7 Å². The molecule has 1 amide bonds. The third-order valence-corrected chi connectivity index (χ3v) is 20.1. The van der Waals surface area contributed by atoms with Crippen LogP contribution in [-0.4, -0.2) is 62.8 Å². The lowest BCUT2D eigenvalue weighted by atomic mass is 9.85. The van der Waals surface area contributed by atoms with Gasteiger partial charge in [-0.2, -0.15) is 5.26 Å². The summed E-state index contributed by atoms with van der Waals surface area (Å²) in [7, 11) is 1.64. The van der Waals surface area contributed by atoms with E-state index in [0.29, 0.717) is 67.6 Å². The molecule has 0 saturated carbocycles. The minimum atomic E-state index is -1.33. The molecule has 17 heteroatoms. The van der Waals surface area contributed by atoms with Crippen LogP contribution >= 0.6 is 34.8 Å². The van der Waals surface area contributed by atoms with Crippen molar-refractivity contribution in [3.8, 4) is 79.3 Å². The maximum absolute atomic E-state index is 11.9. The molecule has 3 aromatic heterocycles. The number of aliphatic hydroxyl groups excluding tert-OH is 1. The van der Waals surface area contributed by atoms with E-state index in [1.54, 1.807) is 31.5 Å². The van der Waals surface area contributed by atoms with Gasteiger partial charge in [0.05, 0.1) is 51.2 Å². The number of nitrogens with one attached hydrogen (secondary N) is 3. The number of carboxylic acid groups (broad SMARTS) is 1. The zero-order valence-corrected chi connectivity index (χ0v) is 55.3. The van der Waals surface area contributed by atoms with Gasteiger partial charge in [0.2, 0.25) is 11.8 Å². The summed E-state index contributed by atoms with van der Waals surface area (Å²) < 4.78 is 18.3. The number of hydrogen-bond acceptors (Lipinski definition) is 12. The number of halogens is 3. The van der Waals surface area contributed by atoms with Crippen LogP contribution in [0.15, 0.2) is 146 Å². The molecule has 14 nitrogen and oxygen atoms in total. The number of aliphatic hydroxyl groups is 1. The highest BCUT2D eigenvalue weighted by Gasteiger charge is 2.34. The molecule has 4 aliphatic heterocycles. The molecular weight excluding hydrogens is 1240 g/mol. The standard InChI is InChI=1S/C45H44ClN3O5.C32H30Cl2N4O2/c1-27-34(6-4-8-37(27)38-9-5-7-36(28(38)2)32-11-10-31-17-35-12-13-41(49-35)39(31)18-32)25-54-43-20-42(53-24-30-16-29(21-47)22-48-23-30)33(19-40(43)46)14-15-45(3,26-50)44(51)52;1-40-32-19(5-2-6-22-12-14-29(39)37-22)11-13-27(38-32)25-9-3-7-23(30(25)33)24-8-4-10-26(31(24)34)28-15-20-16-35-17-21(20)18-36-28/h4-11,16,18-20,22-23,35,41,49-50H,12-15,17,24-26H2,1-3H3,(H,51,52);3-4,7-11,13,15,18,22,35H,2,5-6,12,14,16-17H2,1H3,(H,37,39)/t35?,41?,45-;22-/m01/s1. The van der Waals surface area contributed by atoms with Crippen molar-refractivity contribution >= 4 is 46.7 Å². The molecule has 94 heavy (non-hydrogen) atoms. The smallest absolute Gasteiger partial charge is 0.311 e. The number of hydrogen-bond donors (Lipinski definition) is 5. The first-order valence-electron chi connectivity index (χ1n) is 32.0. The van der Waals surface area contributed by atoms with Crippen LogP contribution in [0, 0.1) is 30.6 Å². The number of carbonyl (C=O) groups excluding carboxylic acids is 1. The van der Waals surface area contributed by atoms with E-state index in [0.717, 1.165) is 101 Å². The van der Waals surface area contributed by atoms with Gasteiger partial charge in [-0.1, -0.05) is 126 Å². The van der Waals surface area contributed by atoms with Crippen molar-refractivity contribution in [2.75, 3.05) is 13.7 Å². The maximum Gasteiger partial charge on any atom is 0.311 e. The molecule has 0 aliphatic carbocycles. The first-order valence-corrected chi connectivity index (χ1v) is 33.2. The molecule has 5 N–H and O–H groups in total. The van der Waals surface area contributed by atoms with Gasteiger partial charge in [0.25, 0.3) is 0 Å². The van der Waals surface area contributed by atoms with Crippen LogP contribution in [0.2, 0.25) is 15.1 Å². The Morgan fingerprint density at radius 1 is 0.713 bits per heavy atom. The fourth-order valence-corrected chi connectivity index (χ4v) is 14.3. The van der Waals surface area contributed by atoms with Gasteiger partial charge in [0.1, 0.15) is 30.8 Å². The van der Waals surface area contributed by atoms with E-state index in [1.165, 1.54) is 70.5 Å². The summed E-state index contributed by atoms with van der Waals surface area (Å²) in [4.78, 5) is 37.0. The van der Waals surface area contributed by atoms with Gasteiger partial charge in [-0.25, -0.2) is 4.98 Å². The Balaban J connectivity index is 0.000000188. The molecule has 0 spiro atoms. The van der Waals surface area contributed by atoms with E-state index >= 15 is 0 Å². The lowest BCUT2D eigenvalue weighted by Gasteiger charge is -2.25. The minimum Gasteiger partial charge on any atom is -0.488 e. The number of aryl methyl sites for hydroxylation is 2. The average Bonchev–Trinajstić information content (AvgIpc) is 1.41. The third-order valence-electron chi connectivity index (χ3n) is 19.0. The summed E-state index contributed by atoms with van der Waals surface area (Å²) in [5.41, 5.74) is 19.9. The predicted octanol–water partition coefficient (Wildman–Crippen LogP) is 16.1. The molecular formula is C77H74Cl3N7O7. The largest absolute Gasteiger partial charge is 0.488 e. The topological polar surface area (TPSA) is 201 Å². The minimum absolute atomic E-state index is 0.121. The van der Waals surface area contributed by atoms with E-state index in [4.69, 9.17) is 54.0 Å². The summed E-state index contributed by atoms with van der Waals surface area (Å²) in [6.45, 7) is 7.38. The number of nitrogens with zero attached hydrogens (tertiary/aromatic N) is 4. The van der Waals surface area contributed by atoms with Crippen LogP contribution < -0.4 is 30.2 Å². The Bertz CT molecular complexity index is 4400. The number of rotatable bonds is 21. The SMILES string of the molecule is COc1nc(-c2cccc(-c3cccc(-c4cc5c(cn4)CNC5)c3Cl)c2Cl)ccc1CCC[C@@H]1CCC(=O)N1.Cc1c(COc2cc(OCc3cncc(C#N)c3)c(CC[C@@](C)(CO)C(=O)O)cc2Cl)cccc1-c1cccc(-c2ccc3c(c2)C2CCC(C3)N2)c1C. The fraction of sp³-hybridized carbons (Fsp3) is 0.299. The van der Waals surface area contributed by atoms with Crippen molar-refractivity contribution < 1.29 is 34.0 Å². The molecule has 4 aliphatic rings. The molecule has 2 fully saturated rings. The first-order chi connectivity index (χ1) is 45.6. The Morgan fingerprint density at radius 2 is 1.43 bits per heavy atom. The van der Waals surface area contributed by atoms with Gasteiger partial charge in [0.15, 0.2) is 0 Å². The van der Waals surface area contributed by atoms with Crippen molar-refractivity contribution in [3.05, 3.63) is 222 Å². The number of amides is 1. The number of aliphatic carboxylic acids is 1. The van der Waals surface area contributed by atoms with E-state index in [9.17, 15) is 25.1 Å². The van der Waals surface area contributed by atoms with Gasteiger partial charge in [-0.3, -0.25) is 19.6 Å². The van der Waals surface area contributed by atoms with Crippen molar-refractivity contribution in [3.63, 3.8) is 0 Å². The molecule has 4 atom stereocenters. The van der Waals surface area contributed by atoms with Crippen LogP contribution in [-0.2, 0) is 55.2 Å². The molecule has 7 heterocycles. The normalized spacial score (nSPS) is 16.6. The van der Waals surface area contributed by atoms with E-state index < -0.39 is 18.0 Å². The second-order valence-corrected chi connectivity index (χ2v) is 26.4. The van der Waals surface area contributed by atoms with Gasteiger partial charge >= 0.3 is 5.97 Å². The van der Waals surface area contributed by atoms with Crippen molar-refractivity contribution in [1.29, 1.82) is 5.26 Å². The zero-order valence-electron chi connectivity index (χ0n) is 53.1. The number of fused-ring (bicyclic) bond motifs is 5. The summed E-state index contributed by atoms with van der Waals surface area (Å²) in [5, 5.41) is 40.6. The Labute approximate surface area is 563 Å². The fourth-order valence-electron chi connectivity index (χ4n) is 13.4. The monoisotopic (exact) mass is 1310 g/mol. The molecule has 13 rings (SSSR count). The van der Waals surface area contributed by atoms with Gasteiger partial charge < -0.3 is 40.4 Å². The number of ether oxygens (including phenoxy) is 3. The Hall–Kier alpha value is -8.65. The van der Waals surface area contributed by atoms with Gasteiger partial charge in [-0.05, 0) is 176 Å². The molecule has 9 aromatic rings. The second kappa shape index (κ2) is 28.9. The van der Waals surface area contributed by atoms with Gasteiger partial charge in [-0.15, -0.1) is 0 Å². The predicted molar refractivity (Wildman–Crippen MR) is 369 cm³/mol. The lowest BCUT2D eigenvalue weighted by Crippen LogP contribution is -2.32. The van der Waals surface area contributed by atoms with Crippen molar-refractivity contribution in [1.82, 2.24) is 30.9 Å². The lowest BCUT2D eigenvalue weighted by molar-refractivity contribution is -0.150. The van der Waals surface area contributed by atoms with Crippen LogP contribution in [0.3, 0.4) is 0 Å². The van der Waals surface area contributed by atoms with Crippen molar-refractivity contribution in [2.45, 2.75) is 129 Å². The average molecular weight is 1320 g/mol. The molecule has 2 saturated heterocycles. The Morgan fingerprint density at radius 3 is 2.16 bits per heavy atom. The van der Waals surface area contributed by atoms with Crippen LogP contribution in [0.4, 0.5) is 0 Å². The number of pyridine rings is 3. The highest BCUT2D eigenvalue weighted by atomic mass is 35.5. The Kier molecular flexibility index (Phi) is 20.1. The number of carbonyl (C=O) groups is 2. The molecule has 0 radical (unpaired) electrons. The first kappa shape index (κ1) is 65.4. The highest BCUT2D eigenvalue weighted by molar-refractivity contribution is 6.39. The molecule has 2 bridgehead atoms. The molecule has 6 aromatic carbocycles. The van der Waals surface area contributed by atoms with Crippen molar-refractivity contribution in [2.24, 2.45) is 5.41 Å². The van der Waals surface area contributed by atoms with Crippen LogP contribution in [0.1, 0.15) is 119 Å². The molecule has 480 valence electrons. The van der Waals surface area contributed by atoms with E-state index in [2.05, 4.69) is 113 Å². The maximum atomic E-state index is 11.9. The van der Waals surface area contributed by atoms with Gasteiger partial charge in [0, 0.05) is 95.7 Å². The third kappa shape index (κ3) is 14.2. The highest BCUT2D eigenvalue weighted by Crippen LogP contribution is 2.45.